The van der Waals surface area contributed by atoms with Crippen molar-refractivity contribution in [3.8, 4) is 0 Å². The molecule has 0 saturated carbocycles. The lowest BCUT2D eigenvalue weighted by molar-refractivity contribution is -0.384. The number of benzene rings is 2. The summed E-state index contributed by atoms with van der Waals surface area (Å²) in [5.74, 6) is -1.26. The van der Waals surface area contributed by atoms with E-state index < -0.39 is 22.8 Å². The largest absolute Gasteiger partial charge is 0.367 e. The van der Waals surface area contributed by atoms with Crippen molar-refractivity contribution in [1.29, 1.82) is 0 Å². The lowest BCUT2D eigenvalue weighted by atomic mass is 10.0. The number of nitro benzene ring substituents is 1. The molecule has 2 rings (SSSR count). The van der Waals surface area contributed by atoms with E-state index in [0.29, 0.717) is 29.4 Å². The summed E-state index contributed by atoms with van der Waals surface area (Å²) in [6.45, 7) is 8.65. The monoisotopic (exact) mass is 507 g/mol. The van der Waals surface area contributed by atoms with E-state index >= 15 is 0 Å². The highest BCUT2D eigenvalue weighted by molar-refractivity contribution is 6.42. The number of nitrogens with one attached hydrogen (secondary N) is 2. The molecule has 2 aromatic rings. The van der Waals surface area contributed by atoms with Crippen molar-refractivity contribution in [2.75, 3.05) is 18.0 Å². The quantitative estimate of drug-likeness (QED) is 0.275. The van der Waals surface area contributed by atoms with Gasteiger partial charge in [0, 0.05) is 30.3 Å². The van der Waals surface area contributed by atoms with Gasteiger partial charge in [-0.15, -0.1) is 0 Å². The van der Waals surface area contributed by atoms with Gasteiger partial charge in [-0.2, -0.15) is 5.10 Å². The molecule has 182 valence electrons. The van der Waals surface area contributed by atoms with Gasteiger partial charge in [0.1, 0.15) is 11.7 Å². The molecule has 0 aliphatic carbocycles. The SMILES string of the molecule is CCN(CC)c1ccc(C=NNC(=O)C(NC(=O)c2ccc(Cl)c(Cl)c2)C(C)C)cc1[N+](=O)[O-]. The molecule has 0 aromatic heterocycles. The van der Waals surface area contributed by atoms with Crippen LogP contribution in [0, 0.1) is 16.0 Å². The number of carbonyl (C=O) groups excluding carboxylic acids is 2. The third kappa shape index (κ3) is 6.91. The Kier molecular flexibility index (Phi) is 9.83. The van der Waals surface area contributed by atoms with Crippen LogP contribution in [0.5, 0.6) is 0 Å². The molecule has 0 heterocycles. The van der Waals surface area contributed by atoms with Crippen LogP contribution in [-0.4, -0.2) is 42.1 Å². The smallest absolute Gasteiger partial charge is 0.293 e. The Morgan fingerprint density at radius 3 is 2.35 bits per heavy atom. The zero-order chi connectivity index (χ0) is 25.4. The van der Waals surface area contributed by atoms with Crippen LogP contribution in [0.1, 0.15) is 43.6 Å². The van der Waals surface area contributed by atoms with Crippen LogP contribution in [-0.2, 0) is 4.79 Å². The van der Waals surface area contributed by atoms with Crippen LogP contribution < -0.4 is 15.6 Å². The molecule has 11 heteroatoms. The van der Waals surface area contributed by atoms with Gasteiger partial charge in [-0.1, -0.05) is 43.1 Å². The molecule has 9 nitrogen and oxygen atoms in total. The van der Waals surface area contributed by atoms with Crippen molar-refractivity contribution in [2.24, 2.45) is 11.0 Å². The first-order chi connectivity index (χ1) is 16.1. The van der Waals surface area contributed by atoms with E-state index in [4.69, 9.17) is 23.2 Å². The molecule has 0 fully saturated rings. The Balaban J connectivity index is 2.13. The number of hydrogen-bond donors (Lipinski definition) is 2. The summed E-state index contributed by atoms with van der Waals surface area (Å²) >= 11 is 11.8. The number of hydrazone groups is 1. The minimum Gasteiger partial charge on any atom is -0.367 e. The van der Waals surface area contributed by atoms with Crippen LogP contribution in [0.3, 0.4) is 0 Å². The second-order valence-corrected chi connectivity index (χ2v) is 8.55. The molecule has 2 amide bonds. The van der Waals surface area contributed by atoms with Crippen molar-refractivity contribution >= 4 is 52.6 Å². The number of amides is 2. The Morgan fingerprint density at radius 1 is 1.12 bits per heavy atom. The van der Waals surface area contributed by atoms with Crippen LogP contribution in [0.25, 0.3) is 0 Å². The van der Waals surface area contributed by atoms with Gasteiger partial charge < -0.3 is 10.2 Å². The Hall–Kier alpha value is -3.17. The molecule has 2 N–H and O–H groups in total. The highest BCUT2D eigenvalue weighted by atomic mass is 35.5. The van der Waals surface area contributed by atoms with Crippen molar-refractivity contribution in [2.45, 2.75) is 33.7 Å². The number of carbonyl (C=O) groups is 2. The number of halogens is 2. The minimum absolute atomic E-state index is 0.0482. The Morgan fingerprint density at radius 2 is 1.79 bits per heavy atom. The second kappa shape index (κ2) is 12.3. The van der Waals surface area contributed by atoms with Gasteiger partial charge in [0.2, 0.25) is 0 Å². The molecular formula is C23H27Cl2N5O4. The van der Waals surface area contributed by atoms with Crippen molar-refractivity contribution < 1.29 is 14.5 Å². The molecule has 0 aliphatic heterocycles. The first-order valence-corrected chi connectivity index (χ1v) is 11.5. The van der Waals surface area contributed by atoms with Gasteiger partial charge in [-0.25, -0.2) is 5.43 Å². The average Bonchev–Trinajstić information content (AvgIpc) is 2.80. The van der Waals surface area contributed by atoms with Crippen LogP contribution in [0.2, 0.25) is 10.0 Å². The van der Waals surface area contributed by atoms with Crippen LogP contribution in [0.15, 0.2) is 41.5 Å². The molecule has 1 unspecified atom stereocenters. The Bertz CT molecular complexity index is 1090. The first-order valence-electron chi connectivity index (χ1n) is 10.7. The fraction of sp³-hybridized carbons (Fsp3) is 0.348. The lowest BCUT2D eigenvalue weighted by Crippen LogP contribution is -2.48. The summed E-state index contributed by atoms with van der Waals surface area (Å²) in [4.78, 5) is 38.2. The van der Waals surface area contributed by atoms with E-state index in [1.54, 1.807) is 26.0 Å². The molecule has 0 radical (unpaired) electrons. The number of anilines is 1. The Labute approximate surface area is 208 Å². The van der Waals surface area contributed by atoms with Gasteiger partial charge in [-0.3, -0.25) is 19.7 Å². The third-order valence-electron chi connectivity index (χ3n) is 5.11. The van der Waals surface area contributed by atoms with Gasteiger partial charge in [0.05, 0.1) is 21.2 Å². The molecule has 2 aromatic carbocycles. The molecular weight excluding hydrogens is 481 g/mol. The van der Waals surface area contributed by atoms with E-state index in [1.807, 2.05) is 18.7 Å². The van der Waals surface area contributed by atoms with E-state index in [1.165, 1.54) is 30.5 Å². The number of rotatable bonds is 10. The molecule has 34 heavy (non-hydrogen) atoms. The van der Waals surface area contributed by atoms with Gasteiger partial charge in [-0.05, 0) is 44.0 Å². The summed E-state index contributed by atoms with van der Waals surface area (Å²) < 4.78 is 0. The zero-order valence-electron chi connectivity index (χ0n) is 19.3. The second-order valence-electron chi connectivity index (χ2n) is 7.74. The summed E-state index contributed by atoms with van der Waals surface area (Å²) in [6, 6.07) is 8.28. The average molecular weight is 508 g/mol. The fourth-order valence-electron chi connectivity index (χ4n) is 3.24. The van der Waals surface area contributed by atoms with E-state index in [0.717, 1.165) is 0 Å². The van der Waals surface area contributed by atoms with Crippen molar-refractivity contribution in [3.05, 3.63) is 67.7 Å². The standard InChI is InChI=1S/C23H27Cl2N5O4/c1-5-29(6-2)19-10-7-15(11-20(19)30(33)34)13-26-28-23(32)21(14(3)4)27-22(31)16-8-9-17(24)18(25)12-16/h7-14,21H,5-6H2,1-4H3,(H,27,31)(H,28,32). The van der Waals surface area contributed by atoms with E-state index in [2.05, 4.69) is 15.8 Å². The third-order valence-corrected chi connectivity index (χ3v) is 5.85. The summed E-state index contributed by atoms with van der Waals surface area (Å²) in [5.41, 5.74) is 3.56. The van der Waals surface area contributed by atoms with E-state index in [9.17, 15) is 19.7 Å². The molecule has 1 atom stereocenters. The minimum atomic E-state index is -0.876. The maximum Gasteiger partial charge on any atom is 0.293 e. The molecule has 0 bridgehead atoms. The number of nitro groups is 1. The fourth-order valence-corrected chi connectivity index (χ4v) is 3.53. The highest BCUT2D eigenvalue weighted by Gasteiger charge is 2.25. The maximum absolute atomic E-state index is 12.7. The molecule has 0 aliphatic rings. The van der Waals surface area contributed by atoms with E-state index in [-0.39, 0.29) is 22.2 Å². The van der Waals surface area contributed by atoms with Crippen molar-refractivity contribution in [3.63, 3.8) is 0 Å². The predicted octanol–water partition coefficient (Wildman–Crippen LogP) is 4.65. The number of nitrogens with zero attached hydrogens (tertiary/aromatic N) is 3. The summed E-state index contributed by atoms with van der Waals surface area (Å²) in [7, 11) is 0. The van der Waals surface area contributed by atoms with Gasteiger partial charge >= 0.3 is 0 Å². The van der Waals surface area contributed by atoms with Crippen molar-refractivity contribution in [1.82, 2.24) is 10.7 Å². The zero-order valence-corrected chi connectivity index (χ0v) is 20.9. The predicted molar refractivity (Wildman–Crippen MR) is 135 cm³/mol. The first kappa shape index (κ1) is 27.1. The normalized spacial score (nSPS) is 12.0. The summed E-state index contributed by atoms with van der Waals surface area (Å²) in [5, 5.41) is 18.6. The highest BCUT2D eigenvalue weighted by Crippen LogP contribution is 2.28. The molecule has 0 saturated heterocycles. The van der Waals surface area contributed by atoms with Gasteiger partial charge in [0.15, 0.2) is 0 Å². The maximum atomic E-state index is 12.7. The van der Waals surface area contributed by atoms with Gasteiger partial charge in [0.25, 0.3) is 17.5 Å². The lowest BCUT2D eigenvalue weighted by Gasteiger charge is -2.21. The number of hydrogen-bond acceptors (Lipinski definition) is 6. The van der Waals surface area contributed by atoms with Crippen LogP contribution in [0.4, 0.5) is 11.4 Å². The summed E-state index contributed by atoms with van der Waals surface area (Å²) in [6.07, 6.45) is 1.31. The topological polar surface area (TPSA) is 117 Å². The van der Waals surface area contributed by atoms with Crippen LogP contribution >= 0.6 is 23.2 Å². The molecule has 0 spiro atoms.